The number of aromatic nitrogens is 5. The number of anilines is 3. The van der Waals surface area contributed by atoms with Gasteiger partial charge in [0.25, 0.3) is 0 Å². The number of hydrogen-bond donors (Lipinski definition) is 4. The fourth-order valence-electron chi connectivity index (χ4n) is 4.61. The van der Waals surface area contributed by atoms with E-state index in [1.54, 1.807) is 31.5 Å². The van der Waals surface area contributed by atoms with Gasteiger partial charge in [0.2, 0.25) is 0 Å². The minimum atomic E-state index is -0.537. The highest BCUT2D eigenvalue weighted by Crippen LogP contribution is 2.34. The van der Waals surface area contributed by atoms with E-state index in [0.29, 0.717) is 46.6 Å². The van der Waals surface area contributed by atoms with E-state index in [2.05, 4.69) is 37.0 Å². The van der Waals surface area contributed by atoms with Crippen LogP contribution in [0.1, 0.15) is 23.2 Å². The first kappa shape index (κ1) is 23.7. The van der Waals surface area contributed by atoms with Gasteiger partial charge in [-0.2, -0.15) is 5.26 Å². The zero-order valence-corrected chi connectivity index (χ0v) is 20.7. The zero-order valence-electron chi connectivity index (χ0n) is 20.7. The number of aryl methyl sites for hydroxylation is 1. The number of hydrogen-bond acceptors (Lipinski definition) is 10. The SMILES string of the molecule is Cc1nc(Nc2cc(-c3nc(N[C@@H]4CCNC[C@H]4O)c4c(C5=CC=C5)cncc4n3)ccn2)ccc1C#N. The van der Waals surface area contributed by atoms with Crippen molar-refractivity contribution >= 4 is 33.9 Å². The number of piperidine rings is 1. The molecular weight excluding hydrogens is 478 g/mol. The molecule has 0 bridgehead atoms. The van der Waals surface area contributed by atoms with Gasteiger partial charge in [-0.05, 0) is 49.7 Å². The van der Waals surface area contributed by atoms with Crippen LogP contribution in [0.3, 0.4) is 0 Å². The van der Waals surface area contributed by atoms with E-state index in [1.807, 2.05) is 36.6 Å². The summed E-state index contributed by atoms with van der Waals surface area (Å²) in [6.07, 6.45) is 11.5. The Balaban J connectivity index is 1.40. The summed E-state index contributed by atoms with van der Waals surface area (Å²) in [4.78, 5) is 23.1. The molecule has 5 heterocycles. The summed E-state index contributed by atoms with van der Waals surface area (Å²) in [5.41, 5.74) is 4.65. The highest BCUT2D eigenvalue weighted by molar-refractivity contribution is 6.02. The average molecular weight is 504 g/mol. The Hall–Kier alpha value is -4.72. The number of allylic oxidation sites excluding steroid dienone is 4. The number of β-amino-alcohol motifs (C(OH)–C–C–N with tert-alkyl or cyclic N) is 1. The van der Waals surface area contributed by atoms with E-state index in [0.717, 1.165) is 35.1 Å². The van der Waals surface area contributed by atoms with E-state index in [1.165, 1.54) is 0 Å². The molecule has 4 aromatic heterocycles. The molecular formula is C28H25N9O. The molecule has 1 saturated heterocycles. The van der Waals surface area contributed by atoms with Crippen molar-refractivity contribution in [3.05, 3.63) is 77.9 Å². The monoisotopic (exact) mass is 503 g/mol. The first-order valence-electron chi connectivity index (χ1n) is 12.4. The van der Waals surface area contributed by atoms with Gasteiger partial charge < -0.3 is 21.1 Å². The zero-order chi connectivity index (χ0) is 26.1. The summed E-state index contributed by atoms with van der Waals surface area (Å²) < 4.78 is 0. The van der Waals surface area contributed by atoms with Gasteiger partial charge in [0.15, 0.2) is 5.82 Å². The lowest BCUT2D eigenvalue weighted by atomic mass is 9.97. The lowest BCUT2D eigenvalue weighted by molar-refractivity contribution is 0.128. The molecule has 0 amide bonds. The van der Waals surface area contributed by atoms with Crippen molar-refractivity contribution in [2.45, 2.75) is 25.5 Å². The van der Waals surface area contributed by atoms with Crippen molar-refractivity contribution in [3.8, 4) is 17.5 Å². The maximum absolute atomic E-state index is 10.6. The lowest BCUT2D eigenvalue weighted by Gasteiger charge is -2.30. The summed E-state index contributed by atoms with van der Waals surface area (Å²) in [5, 5.41) is 30.6. The Morgan fingerprint density at radius 2 is 2.03 bits per heavy atom. The van der Waals surface area contributed by atoms with E-state index in [4.69, 9.17) is 9.97 Å². The molecule has 188 valence electrons. The number of nitrogens with zero attached hydrogens (tertiary/aromatic N) is 6. The van der Waals surface area contributed by atoms with Crippen LogP contribution in [0.5, 0.6) is 0 Å². The topological polar surface area (TPSA) is 145 Å². The molecule has 2 atom stereocenters. The second-order valence-electron chi connectivity index (χ2n) is 9.27. The van der Waals surface area contributed by atoms with Crippen LogP contribution in [0.25, 0.3) is 27.9 Å². The van der Waals surface area contributed by atoms with E-state index >= 15 is 0 Å². The molecule has 6 rings (SSSR count). The number of aliphatic hydroxyl groups excluding tert-OH is 1. The Morgan fingerprint density at radius 3 is 2.79 bits per heavy atom. The van der Waals surface area contributed by atoms with Gasteiger partial charge >= 0.3 is 0 Å². The van der Waals surface area contributed by atoms with Crippen LogP contribution in [-0.4, -0.2) is 55.3 Å². The summed E-state index contributed by atoms with van der Waals surface area (Å²) in [6.45, 7) is 3.13. The third kappa shape index (κ3) is 4.56. The van der Waals surface area contributed by atoms with Crippen molar-refractivity contribution < 1.29 is 5.11 Å². The van der Waals surface area contributed by atoms with Gasteiger partial charge in [-0.3, -0.25) is 4.98 Å². The third-order valence-electron chi connectivity index (χ3n) is 6.72. The average Bonchev–Trinajstić information content (AvgIpc) is 2.89. The molecule has 1 aliphatic carbocycles. The Bertz CT molecular complexity index is 1640. The highest BCUT2D eigenvalue weighted by atomic mass is 16.3. The third-order valence-corrected chi connectivity index (χ3v) is 6.72. The predicted molar refractivity (Wildman–Crippen MR) is 146 cm³/mol. The second-order valence-corrected chi connectivity index (χ2v) is 9.27. The quantitative estimate of drug-likeness (QED) is 0.308. The number of aliphatic hydroxyl groups is 1. The summed E-state index contributed by atoms with van der Waals surface area (Å²) in [6, 6.07) is 9.16. The van der Waals surface area contributed by atoms with Crippen LogP contribution in [0.4, 0.5) is 17.5 Å². The number of rotatable bonds is 6. The van der Waals surface area contributed by atoms with Crippen molar-refractivity contribution in [3.63, 3.8) is 0 Å². The summed E-state index contributed by atoms with van der Waals surface area (Å²) >= 11 is 0. The van der Waals surface area contributed by atoms with E-state index in [9.17, 15) is 10.4 Å². The van der Waals surface area contributed by atoms with E-state index in [-0.39, 0.29) is 6.04 Å². The molecule has 38 heavy (non-hydrogen) atoms. The van der Waals surface area contributed by atoms with Crippen molar-refractivity contribution in [2.75, 3.05) is 23.7 Å². The fraction of sp³-hybridized carbons (Fsp3) is 0.214. The normalized spacial score (nSPS) is 18.4. The number of fused-ring (bicyclic) bond motifs is 1. The fourth-order valence-corrected chi connectivity index (χ4v) is 4.61. The number of nitriles is 1. The Labute approximate surface area is 219 Å². The van der Waals surface area contributed by atoms with Crippen molar-refractivity contribution in [2.24, 2.45) is 0 Å². The Morgan fingerprint density at radius 1 is 1.13 bits per heavy atom. The summed E-state index contributed by atoms with van der Waals surface area (Å²) in [5.74, 6) is 2.33. The molecule has 0 saturated carbocycles. The van der Waals surface area contributed by atoms with Crippen LogP contribution in [0.2, 0.25) is 0 Å². The van der Waals surface area contributed by atoms with Crippen LogP contribution < -0.4 is 16.0 Å². The van der Waals surface area contributed by atoms with Gasteiger partial charge in [-0.15, -0.1) is 0 Å². The smallest absolute Gasteiger partial charge is 0.162 e. The van der Waals surface area contributed by atoms with Gasteiger partial charge in [-0.25, -0.2) is 19.9 Å². The Kier molecular flexibility index (Phi) is 6.21. The second kappa shape index (κ2) is 9.97. The molecule has 2 aliphatic rings. The molecule has 1 aliphatic heterocycles. The molecule has 10 heteroatoms. The van der Waals surface area contributed by atoms with Gasteiger partial charge in [0, 0.05) is 30.1 Å². The van der Waals surface area contributed by atoms with Crippen molar-refractivity contribution in [1.82, 2.24) is 30.2 Å². The predicted octanol–water partition coefficient (Wildman–Crippen LogP) is 3.49. The standard InChI is InChI=1S/C28H25N9O/c1-16-19(12-29)5-6-24(33-16)36-25-11-18(7-10-32-25)27-35-22-14-31-13-20(17-3-2-4-17)26(22)28(37-27)34-21-8-9-30-15-23(21)38/h2-7,10-11,13-14,21,23,30,38H,8-9,15H2,1H3,(H,32,33,36)(H,34,35,37)/t21-,23-/m1/s1. The molecule has 0 unspecified atom stereocenters. The largest absolute Gasteiger partial charge is 0.390 e. The maximum atomic E-state index is 10.6. The summed E-state index contributed by atoms with van der Waals surface area (Å²) in [7, 11) is 0. The van der Waals surface area contributed by atoms with Gasteiger partial charge in [0.05, 0.1) is 40.5 Å². The van der Waals surface area contributed by atoms with E-state index < -0.39 is 6.10 Å². The lowest BCUT2D eigenvalue weighted by Crippen LogP contribution is -2.47. The van der Waals surface area contributed by atoms with Gasteiger partial charge in [-0.1, -0.05) is 18.2 Å². The molecule has 0 radical (unpaired) electrons. The highest BCUT2D eigenvalue weighted by Gasteiger charge is 2.25. The molecule has 4 aromatic rings. The van der Waals surface area contributed by atoms with Gasteiger partial charge in [0.1, 0.15) is 23.5 Å². The molecule has 1 fully saturated rings. The molecule has 4 N–H and O–H groups in total. The molecule has 10 nitrogen and oxygen atoms in total. The number of pyridine rings is 3. The first-order chi connectivity index (χ1) is 18.6. The van der Waals surface area contributed by atoms with Crippen LogP contribution in [0.15, 0.2) is 61.1 Å². The van der Waals surface area contributed by atoms with Crippen LogP contribution >= 0.6 is 0 Å². The minimum Gasteiger partial charge on any atom is -0.390 e. The minimum absolute atomic E-state index is 0.144. The maximum Gasteiger partial charge on any atom is 0.162 e. The van der Waals surface area contributed by atoms with Crippen LogP contribution in [-0.2, 0) is 0 Å². The van der Waals surface area contributed by atoms with Crippen molar-refractivity contribution in [1.29, 1.82) is 5.26 Å². The van der Waals surface area contributed by atoms with Crippen LogP contribution in [0, 0.1) is 18.3 Å². The number of nitrogens with one attached hydrogen (secondary N) is 3. The molecule has 0 spiro atoms. The molecule has 0 aromatic carbocycles. The first-order valence-corrected chi connectivity index (χ1v) is 12.4.